The number of carboxylic acids is 1. The molecular weight excluding hydrogens is 326 g/mol. The number of benzene rings is 1. The van der Waals surface area contributed by atoms with Crippen molar-refractivity contribution in [1.29, 1.82) is 0 Å². The van der Waals surface area contributed by atoms with Gasteiger partial charge >= 0.3 is 5.97 Å². The molecule has 0 aliphatic carbocycles. The van der Waals surface area contributed by atoms with Crippen LogP contribution in [0.5, 0.6) is 5.75 Å². The van der Waals surface area contributed by atoms with Gasteiger partial charge in [-0.15, -0.1) is 11.3 Å². The van der Waals surface area contributed by atoms with Gasteiger partial charge in [0.15, 0.2) is 0 Å². The molecule has 1 aromatic carbocycles. The molecule has 1 aromatic heterocycles. The number of carboxylic acid groups (broad SMARTS) is 1. The quantitative estimate of drug-likeness (QED) is 0.899. The van der Waals surface area contributed by atoms with Crippen LogP contribution in [0.2, 0.25) is 0 Å². The number of carbonyl (C=O) groups is 2. The van der Waals surface area contributed by atoms with E-state index < -0.39 is 5.97 Å². The third-order valence-electron chi connectivity index (χ3n) is 3.93. The van der Waals surface area contributed by atoms with Crippen molar-refractivity contribution < 1.29 is 19.4 Å². The van der Waals surface area contributed by atoms with E-state index in [9.17, 15) is 9.59 Å². The molecule has 1 aliphatic heterocycles. The summed E-state index contributed by atoms with van der Waals surface area (Å²) in [5, 5.41) is 9.04. The highest BCUT2D eigenvalue weighted by Crippen LogP contribution is 2.41. The summed E-state index contributed by atoms with van der Waals surface area (Å²) in [6, 6.07) is 8.84. The van der Waals surface area contributed by atoms with Gasteiger partial charge in [0.1, 0.15) is 17.2 Å². The SMILES string of the molecule is CC(C)(C)c1cccc2c1OCCN2C(=O)c1ccc(C(=O)O)s1. The number of thiophene rings is 1. The van der Waals surface area contributed by atoms with E-state index in [1.165, 1.54) is 6.07 Å². The first-order chi connectivity index (χ1) is 11.3. The van der Waals surface area contributed by atoms with Gasteiger partial charge in [0.2, 0.25) is 0 Å². The van der Waals surface area contributed by atoms with Crippen LogP contribution in [-0.2, 0) is 5.41 Å². The minimum atomic E-state index is -1.02. The zero-order chi connectivity index (χ0) is 17.5. The molecule has 0 saturated heterocycles. The van der Waals surface area contributed by atoms with E-state index >= 15 is 0 Å². The van der Waals surface area contributed by atoms with Crippen LogP contribution in [0.4, 0.5) is 5.69 Å². The summed E-state index contributed by atoms with van der Waals surface area (Å²) < 4.78 is 5.86. The molecular formula is C18H19NO4S. The van der Waals surface area contributed by atoms with Crippen molar-refractivity contribution in [3.63, 3.8) is 0 Å². The average molecular weight is 345 g/mol. The number of fused-ring (bicyclic) bond motifs is 1. The van der Waals surface area contributed by atoms with E-state index in [0.29, 0.717) is 18.0 Å². The highest BCUT2D eigenvalue weighted by atomic mass is 32.1. The Hall–Kier alpha value is -2.34. The van der Waals surface area contributed by atoms with Gasteiger partial charge in [-0.05, 0) is 23.6 Å². The lowest BCUT2D eigenvalue weighted by Gasteiger charge is -2.33. The molecule has 0 saturated carbocycles. The molecule has 2 heterocycles. The van der Waals surface area contributed by atoms with Gasteiger partial charge in [0.05, 0.1) is 17.1 Å². The van der Waals surface area contributed by atoms with Gasteiger partial charge in [-0.25, -0.2) is 4.79 Å². The van der Waals surface area contributed by atoms with Crippen LogP contribution in [-0.4, -0.2) is 30.1 Å². The van der Waals surface area contributed by atoms with Gasteiger partial charge in [-0.1, -0.05) is 32.9 Å². The van der Waals surface area contributed by atoms with Gasteiger partial charge in [-0.3, -0.25) is 4.79 Å². The van der Waals surface area contributed by atoms with Crippen molar-refractivity contribution in [1.82, 2.24) is 0 Å². The summed E-state index contributed by atoms with van der Waals surface area (Å²) >= 11 is 0.996. The zero-order valence-corrected chi connectivity index (χ0v) is 14.6. The summed E-state index contributed by atoms with van der Waals surface area (Å²) in [6.07, 6.45) is 0. The summed E-state index contributed by atoms with van der Waals surface area (Å²) in [5.74, 6) is -0.473. The third kappa shape index (κ3) is 2.89. The molecule has 0 unspecified atom stereocenters. The summed E-state index contributed by atoms with van der Waals surface area (Å²) in [6.45, 7) is 7.17. The Morgan fingerprint density at radius 1 is 1.17 bits per heavy atom. The maximum atomic E-state index is 12.8. The standard InChI is InChI=1S/C18H19NO4S/c1-18(2,3)11-5-4-6-12-15(11)23-10-9-19(12)16(20)13-7-8-14(24-13)17(21)22/h4-8H,9-10H2,1-3H3,(H,21,22). The van der Waals surface area contributed by atoms with Crippen molar-refractivity contribution in [2.45, 2.75) is 26.2 Å². The Morgan fingerprint density at radius 3 is 2.50 bits per heavy atom. The maximum Gasteiger partial charge on any atom is 0.345 e. The van der Waals surface area contributed by atoms with Gasteiger partial charge in [-0.2, -0.15) is 0 Å². The lowest BCUT2D eigenvalue weighted by molar-refractivity contribution is 0.0702. The smallest absolute Gasteiger partial charge is 0.345 e. The van der Waals surface area contributed by atoms with Crippen LogP contribution < -0.4 is 9.64 Å². The molecule has 2 aromatic rings. The van der Waals surface area contributed by atoms with Crippen LogP contribution in [0.25, 0.3) is 0 Å². The van der Waals surface area contributed by atoms with Crippen LogP contribution in [0.15, 0.2) is 30.3 Å². The minimum absolute atomic E-state index is 0.100. The number of hydrogen-bond donors (Lipinski definition) is 1. The van der Waals surface area contributed by atoms with E-state index in [-0.39, 0.29) is 16.2 Å². The lowest BCUT2D eigenvalue weighted by atomic mass is 9.85. The number of para-hydroxylation sites is 1. The third-order valence-corrected chi connectivity index (χ3v) is 4.99. The Labute approximate surface area is 144 Å². The maximum absolute atomic E-state index is 12.8. The van der Waals surface area contributed by atoms with E-state index in [1.807, 2.05) is 18.2 Å². The highest BCUT2D eigenvalue weighted by Gasteiger charge is 2.30. The van der Waals surface area contributed by atoms with Crippen LogP contribution >= 0.6 is 11.3 Å². The zero-order valence-electron chi connectivity index (χ0n) is 13.8. The van der Waals surface area contributed by atoms with Crippen molar-refractivity contribution in [2.24, 2.45) is 0 Å². The molecule has 0 bridgehead atoms. The van der Waals surface area contributed by atoms with Crippen LogP contribution in [0.3, 0.4) is 0 Å². The number of rotatable bonds is 2. The topological polar surface area (TPSA) is 66.8 Å². The Kier molecular flexibility index (Phi) is 4.09. The largest absolute Gasteiger partial charge is 0.489 e. The van der Waals surface area contributed by atoms with E-state index in [0.717, 1.165) is 28.3 Å². The van der Waals surface area contributed by atoms with E-state index in [1.54, 1.807) is 11.0 Å². The average Bonchev–Trinajstić information content (AvgIpc) is 3.02. The number of carbonyl (C=O) groups excluding carboxylic acids is 1. The fourth-order valence-corrected chi connectivity index (χ4v) is 3.54. The summed E-state index contributed by atoms with van der Waals surface area (Å²) in [4.78, 5) is 26.1. The first-order valence-electron chi connectivity index (χ1n) is 7.70. The van der Waals surface area contributed by atoms with Gasteiger partial charge in [0.25, 0.3) is 5.91 Å². The van der Waals surface area contributed by atoms with Crippen LogP contribution in [0.1, 0.15) is 45.7 Å². The van der Waals surface area contributed by atoms with Crippen molar-refractivity contribution >= 4 is 28.9 Å². The van der Waals surface area contributed by atoms with E-state index in [4.69, 9.17) is 9.84 Å². The summed E-state index contributed by atoms with van der Waals surface area (Å²) in [5.41, 5.74) is 1.69. The highest BCUT2D eigenvalue weighted by molar-refractivity contribution is 7.16. The summed E-state index contributed by atoms with van der Waals surface area (Å²) in [7, 11) is 0. The van der Waals surface area contributed by atoms with Crippen molar-refractivity contribution in [3.05, 3.63) is 45.6 Å². The van der Waals surface area contributed by atoms with Gasteiger partial charge in [0, 0.05) is 5.56 Å². The monoisotopic (exact) mass is 345 g/mol. The fraction of sp³-hybridized carbons (Fsp3) is 0.333. The molecule has 0 radical (unpaired) electrons. The molecule has 0 spiro atoms. The number of nitrogens with zero attached hydrogens (tertiary/aromatic N) is 1. The number of hydrogen-bond acceptors (Lipinski definition) is 4. The molecule has 1 amide bonds. The molecule has 0 atom stereocenters. The molecule has 126 valence electrons. The molecule has 6 heteroatoms. The molecule has 24 heavy (non-hydrogen) atoms. The fourth-order valence-electron chi connectivity index (χ4n) is 2.75. The van der Waals surface area contributed by atoms with Crippen LogP contribution in [0, 0.1) is 0 Å². The second-order valence-corrected chi connectivity index (χ2v) is 7.76. The Morgan fingerprint density at radius 2 is 1.88 bits per heavy atom. The molecule has 1 aliphatic rings. The molecule has 3 rings (SSSR count). The van der Waals surface area contributed by atoms with Gasteiger partial charge < -0.3 is 14.7 Å². The second-order valence-electron chi connectivity index (χ2n) is 6.68. The normalized spacial score (nSPS) is 14.0. The number of amides is 1. The first-order valence-corrected chi connectivity index (χ1v) is 8.52. The Balaban J connectivity index is 2.00. The van der Waals surface area contributed by atoms with Crippen molar-refractivity contribution in [2.75, 3.05) is 18.1 Å². The second kappa shape index (κ2) is 5.94. The molecule has 5 nitrogen and oxygen atoms in total. The minimum Gasteiger partial charge on any atom is -0.489 e. The Bertz CT molecular complexity index is 804. The molecule has 0 fully saturated rings. The number of aromatic carboxylic acids is 1. The van der Waals surface area contributed by atoms with E-state index in [2.05, 4.69) is 20.8 Å². The first kappa shape index (κ1) is 16.5. The molecule has 1 N–H and O–H groups in total. The lowest BCUT2D eigenvalue weighted by Crippen LogP contribution is -2.38. The number of ether oxygens (including phenoxy) is 1. The predicted octanol–water partition coefficient (Wildman–Crippen LogP) is 3.78. The number of anilines is 1. The predicted molar refractivity (Wildman–Crippen MR) is 93.6 cm³/mol. The van der Waals surface area contributed by atoms with Crippen molar-refractivity contribution in [3.8, 4) is 5.75 Å².